The average Bonchev–Trinajstić information content (AvgIpc) is 2.98. The predicted octanol–water partition coefficient (Wildman–Crippen LogP) is 1.82. The number of rotatable bonds is 6. The molecule has 2 aliphatic rings. The summed E-state index contributed by atoms with van der Waals surface area (Å²) in [5.74, 6) is 0.340. The van der Waals surface area contributed by atoms with Gasteiger partial charge in [0.25, 0.3) is 0 Å². The van der Waals surface area contributed by atoms with Gasteiger partial charge in [-0.3, -0.25) is 5.21 Å². The highest BCUT2D eigenvalue weighted by Gasteiger charge is 2.50. The molecule has 2 N–H and O–H groups in total. The molecule has 0 radical (unpaired) electrons. The van der Waals surface area contributed by atoms with Crippen molar-refractivity contribution in [3.05, 3.63) is 0 Å². The highest BCUT2D eigenvalue weighted by Crippen LogP contribution is 2.43. The van der Waals surface area contributed by atoms with Gasteiger partial charge in [-0.1, -0.05) is 26.2 Å². The maximum atomic E-state index is 12.6. The van der Waals surface area contributed by atoms with Crippen LogP contribution in [0.5, 0.6) is 0 Å². The minimum Gasteiger partial charge on any atom is -0.428 e. The third-order valence-electron chi connectivity index (χ3n) is 4.40. The van der Waals surface area contributed by atoms with Gasteiger partial charge >= 0.3 is 6.09 Å². The largest absolute Gasteiger partial charge is 0.432 e. The molecule has 3 atom stereocenters. The van der Waals surface area contributed by atoms with E-state index in [1.165, 1.54) is 9.79 Å². The zero-order valence-corrected chi connectivity index (χ0v) is 13.1. The fourth-order valence-electron chi connectivity index (χ4n) is 3.48. The number of ether oxygens (including phenoxy) is 1. The number of fused-ring (bicyclic) bond motifs is 1. The number of carbonyl (C=O) groups excluding carboxylic acids is 1. The molecule has 0 aromatic rings. The van der Waals surface area contributed by atoms with Gasteiger partial charge in [0.05, 0.1) is 5.75 Å². The Morgan fingerprint density at radius 2 is 2.14 bits per heavy atom. The first-order valence-corrected chi connectivity index (χ1v) is 9.22. The van der Waals surface area contributed by atoms with E-state index in [2.05, 4.69) is 0 Å². The summed E-state index contributed by atoms with van der Waals surface area (Å²) >= 11 is 0. The topological polar surface area (TPSA) is 95.9 Å². The van der Waals surface area contributed by atoms with Gasteiger partial charge in [-0.05, 0) is 25.2 Å². The number of nitrogens with zero attached hydrogens (tertiary/aromatic N) is 1. The molecule has 2 rings (SSSR count). The van der Waals surface area contributed by atoms with E-state index in [0.717, 1.165) is 32.1 Å². The van der Waals surface area contributed by atoms with Crippen LogP contribution in [0, 0.1) is 5.92 Å². The number of hydrogen-bond acceptors (Lipinski definition) is 5. The van der Waals surface area contributed by atoms with Crippen molar-refractivity contribution in [3.8, 4) is 0 Å². The summed E-state index contributed by atoms with van der Waals surface area (Å²) in [6.45, 7) is 2.02. The highest BCUT2D eigenvalue weighted by molar-refractivity contribution is 7.89. The van der Waals surface area contributed by atoms with Gasteiger partial charge in [-0.15, -0.1) is 0 Å². The number of unbranched alkanes of at least 4 members (excludes halogenated alkanes) is 2. The molecule has 1 aliphatic carbocycles. The zero-order valence-electron chi connectivity index (χ0n) is 12.3. The fraction of sp³-hybridized carbons (Fsp3) is 0.923. The van der Waals surface area contributed by atoms with E-state index in [0.29, 0.717) is 12.8 Å². The predicted molar refractivity (Wildman–Crippen MR) is 76.1 cm³/mol. The number of sulfonamides is 1. The molecule has 0 spiro atoms. The second-order valence-corrected chi connectivity index (χ2v) is 7.81. The van der Waals surface area contributed by atoms with Gasteiger partial charge in [0, 0.05) is 12.5 Å². The number of hydroxylamine groups is 1. The third kappa shape index (κ3) is 3.67. The van der Waals surface area contributed by atoms with Crippen LogP contribution in [0.25, 0.3) is 0 Å². The normalized spacial score (nSPS) is 29.3. The second kappa shape index (κ2) is 6.93. The first-order chi connectivity index (χ1) is 9.99. The molecule has 21 heavy (non-hydrogen) atoms. The van der Waals surface area contributed by atoms with Gasteiger partial charge in [0.1, 0.15) is 0 Å². The molecule has 1 heterocycles. The molecule has 122 valence electrons. The Bertz CT molecular complexity index is 467. The number of hydrogen-bond donors (Lipinski definition) is 2. The molecule has 0 bridgehead atoms. The molecule has 3 unspecified atom stereocenters. The van der Waals surface area contributed by atoms with Crippen LogP contribution >= 0.6 is 0 Å². The summed E-state index contributed by atoms with van der Waals surface area (Å²) in [5, 5.41) is 8.57. The molecule has 1 saturated heterocycles. The lowest BCUT2D eigenvalue weighted by molar-refractivity contribution is 0.0169. The molecule has 1 saturated carbocycles. The molecular weight excluding hydrogens is 296 g/mol. The number of nitrogens with one attached hydrogen (secondary N) is 1. The maximum absolute atomic E-state index is 12.6. The smallest absolute Gasteiger partial charge is 0.428 e. The van der Waals surface area contributed by atoms with E-state index in [1.54, 1.807) is 0 Å². The molecule has 2 fully saturated rings. The van der Waals surface area contributed by atoms with E-state index in [9.17, 15) is 13.2 Å². The first-order valence-electron chi connectivity index (χ1n) is 7.61. The molecule has 1 aliphatic heterocycles. The van der Waals surface area contributed by atoms with Crippen LogP contribution < -0.4 is 5.48 Å². The van der Waals surface area contributed by atoms with Crippen molar-refractivity contribution in [2.24, 2.45) is 5.92 Å². The minimum absolute atomic E-state index is 0.0619. The van der Waals surface area contributed by atoms with Crippen LogP contribution in [0.2, 0.25) is 0 Å². The molecule has 0 aromatic heterocycles. The van der Waals surface area contributed by atoms with Crippen molar-refractivity contribution in [2.45, 2.75) is 64.1 Å². The van der Waals surface area contributed by atoms with Crippen LogP contribution in [0.3, 0.4) is 0 Å². The summed E-state index contributed by atoms with van der Waals surface area (Å²) in [6, 6.07) is -0.0619. The van der Waals surface area contributed by atoms with Crippen LogP contribution in [0.15, 0.2) is 0 Å². The van der Waals surface area contributed by atoms with Crippen LogP contribution in [0.4, 0.5) is 4.79 Å². The van der Waals surface area contributed by atoms with E-state index in [-0.39, 0.29) is 17.7 Å². The average molecular weight is 320 g/mol. The van der Waals surface area contributed by atoms with Crippen LogP contribution in [-0.4, -0.2) is 42.0 Å². The maximum Gasteiger partial charge on any atom is 0.432 e. The first kappa shape index (κ1) is 16.5. The molecular formula is C13H24N2O5S. The Balaban J connectivity index is 2.12. The Hall–Kier alpha value is -0.860. The van der Waals surface area contributed by atoms with Crippen LogP contribution in [-0.2, 0) is 14.8 Å². The van der Waals surface area contributed by atoms with Crippen molar-refractivity contribution < 1.29 is 23.2 Å². The van der Waals surface area contributed by atoms with Gasteiger partial charge in [-0.2, -0.15) is 4.31 Å². The van der Waals surface area contributed by atoms with Crippen molar-refractivity contribution in [2.75, 3.05) is 5.75 Å². The number of amides is 1. The van der Waals surface area contributed by atoms with Gasteiger partial charge in [-0.25, -0.2) is 18.7 Å². The lowest BCUT2D eigenvalue weighted by Gasteiger charge is -2.28. The van der Waals surface area contributed by atoms with Crippen molar-refractivity contribution in [1.82, 2.24) is 9.79 Å². The summed E-state index contributed by atoms with van der Waals surface area (Å²) in [5.41, 5.74) is 1.40. The molecule has 1 amide bonds. The quantitative estimate of drug-likeness (QED) is 0.442. The Labute approximate surface area is 125 Å². The zero-order chi connectivity index (χ0) is 15.5. The SMILES string of the molecule is CCCCCS(=O)(=O)N1C(OC(=O)NO)CC2CCCC21. The Kier molecular flexibility index (Phi) is 5.45. The summed E-state index contributed by atoms with van der Waals surface area (Å²) in [7, 11) is -3.44. The Morgan fingerprint density at radius 1 is 1.38 bits per heavy atom. The Morgan fingerprint density at radius 3 is 2.81 bits per heavy atom. The third-order valence-corrected chi connectivity index (χ3v) is 6.35. The fourth-order valence-corrected chi connectivity index (χ4v) is 5.44. The molecule has 7 nitrogen and oxygen atoms in total. The lowest BCUT2D eigenvalue weighted by atomic mass is 10.0. The van der Waals surface area contributed by atoms with E-state index < -0.39 is 22.3 Å². The molecule has 0 aromatic carbocycles. The standard InChI is InChI=1S/C13H24N2O5S/c1-2-3-4-8-21(18,19)15-11-7-5-6-10(11)9-12(15)20-13(16)14-17/h10-12,17H,2-9H2,1H3,(H,14,16). The molecule has 8 heteroatoms. The van der Waals surface area contributed by atoms with Gasteiger partial charge in [0.15, 0.2) is 6.23 Å². The van der Waals surface area contributed by atoms with Crippen molar-refractivity contribution in [3.63, 3.8) is 0 Å². The minimum atomic E-state index is -3.44. The summed E-state index contributed by atoms with van der Waals surface area (Å²) in [4.78, 5) is 11.2. The van der Waals surface area contributed by atoms with Gasteiger partial charge in [0.2, 0.25) is 10.0 Å². The van der Waals surface area contributed by atoms with Crippen molar-refractivity contribution in [1.29, 1.82) is 0 Å². The van der Waals surface area contributed by atoms with Gasteiger partial charge < -0.3 is 4.74 Å². The van der Waals surface area contributed by atoms with Crippen LogP contribution in [0.1, 0.15) is 51.9 Å². The summed E-state index contributed by atoms with van der Waals surface area (Å²) in [6.07, 6.45) is 3.95. The van der Waals surface area contributed by atoms with Crippen molar-refractivity contribution >= 4 is 16.1 Å². The lowest BCUT2D eigenvalue weighted by Crippen LogP contribution is -2.45. The second-order valence-electron chi connectivity index (χ2n) is 5.82. The van der Waals surface area contributed by atoms with E-state index in [1.807, 2.05) is 6.92 Å². The van der Waals surface area contributed by atoms with E-state index in [4.69, 9.17) is 9.94 Å². The highest BCUT2D eigenvalue weighted by atomic mass is 32.2. The number of carbonyl (C=O) groups is 1. The van der Waals surface area contributed by atoms with E-state index >= 15 is 0 Å². The monoisotopic (exact) mass is 320 g/mol. The summed E-state index contributed by atoms with van der Waals surface area (Å²) < 4.78 is 31.6.